The maximum absolute atomic E-state index is 13.3. The summed E-state index contributed by atoms with van der Waals surface area (Å²) in [5, 5.41) is 0.937. The number of fused-ring (bicyclic) bond motifs is 1. The minimum absolute atomic E-state index is 0.0524. The molecule has 3 aromatic rings. The molecular formula is C18H16FN3O2S2. The lowest BCUT2D eigenvalue weighted by atomic mass is 10.1. The summed E-state index contributed by atoms with van der Waals surface area (Å²) in [5.74, 6) is 0.535. The summed E-state index contributed by atoms with van der Waals surface area (Å²) in [7, 11) is -3.84. The number of benzene rings is 2. The number of hydrogen-bond acceptors (Lipinski definition) is 4. The first-order valence-electron chi connectivity index (χ1n) is 8.02. The Balaban J connectivity index is 1.72. The van der Waals surface area contributed by atoms with Crippen molar-refractivity contribution in [3.63, 3.8) is 0 Å². The third-order valence-corrected chi connectivity index (χ3v) is 6.67. The van der Waals surface area contributed by atoms with Gasteiger partial charge in [-0.2, -0.15) is 0 Å². The zero-order valence-corrected chi connectivity index (χ0v) is 15.6. The lowest BCUT2D eigenvalue weighted by molar-refractivity contribution is 0.598. The summed E-state index contributed by atoms with van der Waals surface area (Å²) in [6.45, 7) is 2.47. The fourth-order valence-corrected chi connectivity index (χ4v) is 5.20. The number of nitrogens with one attached hydrogen (secondary N) is 1. The van der Waals surface area contributed by atoms with E-state index in [2.05, 4.69) is 14.3 Å². The number of para-hydroxylation sites is 1. The number of rotatable bonds is 4. The van der Waals surface area contributed by atoms with Gasteiger partial charge in [-0.3, -0.25) is 4.72 Å². The number of halogens is 1. The van der Waals surface area contributed by atoms with Gasteiger partial charge in [-0.05, 0) is 36.8 Å². The van der Waals surface area contributed by atoms with E-state index in [0.717, 1.165) is 29.2 Å². The van der Waals surface area contributed by atoms with E-state index in [1.807, 2.05) is 18.3 Å². The van der Waals surface area contributed by atoms with Crippen LogP contribution in [-0.2, 0) is 16.6 Å². The van der Waals surface area contributed by atoms with Crippen LogP contribution in [0.3, 0.4) is 0 Å². The van der Waals surface area contributed by atoms with Crippen LogP contribution in [0.1, 0.15) is 5.56 Å². The standard InChI is InChI=1S/C18H16FN3O2S2/c1-12-10-13(19)6-7-17(12)26(23,24)21-15-5-3-2-4-14(15)16-11-22-8-9-25-18(22)20-16/h2-7,10-11,21H,8-9H2,1H3. The van der Waals surface area contributed by atoms with E-state index < -0.39 is 15.8 Å². The van der Waals surface area contributed by atoms with Crippen molar-refractivity contribution in [1.29, 1.82) is 0 Å². The van der Waals surface area contributed by atoms with Crippen LogP contribution in [0.4, 0.5) is 10.1 Å². The van der Waals surface area contributed by atoms with Crippen molar-refractivity contribution in [2.45, 2.75) is 23.5 Å². The van der Waals surface area contributed by atoms with Crippen molar-refractivity contribution in [2.75, 3.05) is 10.5 Å². The first-order chi connectivity index (χ1) is 12.4. The largest absolute Gasteiger partial charge is 0.325 e. The Morgan fingerprint density at radius 3 is 2.81 bits per heavy atom. The van der Waals surface area contributed by atoms with Gasteiger partial charge in [0.25, 0.3) is 10.0 Å². The normalized spacial score (nSPS) is 13.6. The molecule has 2 heterocycles. The van der Waals surface area contributed by atoms with E-state index in [1.54, 1.807) is 30.8 Å². The van der Waals surface area contributed by atoms with E-state index in [4.69, 9.17) is 0 Å². The number of hydrogen-bond donors (Lipinski definition) is 1. The van der Waals surface area contributed by atoms with Crippen LogP contribution < -0.4 is 4.72 Å². The number of aryl methyl sites for hydroxylation is 2. The molecule has 4 rings (SSSR count). The minimum atomic E-state index is -3.84. The smallest absolute Gasteiger partial charge is 0.262 e. The Morgan fingerprint density at radius 2 is 2.04 bits per heavy atom. The molecule has 8 heteroatoms. The quantitative estimate of drug-likeness (QED) is 0.735. The molecule has 0 fully saturated rings. The molecule has 2 aromatic carbocycles. The minimum Gasteiger partial charge on any atom is -0.325 e. The summed E-state index contributed by atoms with van der Waals surface area (Å²) in [5.41, 5.74) is 2.23. The molecule has 1 aliphatic rings. The Kier molecular flexibility index (Phi) is 4.24. The molecule has 1 N–H and O–H groups in total. The van der Waals surface area contributed by atoms with Crippen molar-refractivity contribution in [1.82, 2.24) is 9.55 Å². The summed E-state index contributed by atoms with van der Waals surface area (Å²) in [6, 6.07) is 10.8. The van der Waals surface area contributed by atoms with Crippen LogP contribution in [-0.4, -0.2) is 23.7 Å². The Hall–Kier alpha value is -2.32. The van der Waals surface area contributed by atoms with E-state index in [9.17, 15) is 12.8 Å². The second-order valence-corrected chi connectivity index (χ2v) is 8.72. The van der Waals surface area contributed by atoms with Crippen LogP contribution in [0.15, 0.2) is 58.7 Å². The van der Waals surface area contributed by atoms with E-state index in [0.29, 0.717) is 16.8 Å². The molecule has 0 saturated heterocycles. The monoisotopic (exact) mass is 389 g/mol. The summed E-state index contributed by atoms with van der Waals surface area (Å²) < 4.78 is 43.6. The predicted molar refractivity (Wildman–Crippen MR) is 100 cm³/mol. The zero-order chi connectivity index (χ0) is 18.3. The van der Waals surface area contributed by atoms with Crippen LogP contribution >= 0.6 is 11.8 Å². The van der Waals surface area contributed by atoms with Gasteiger partial charge in [-0.25, -0.2) is 17.8 Å². The molecule has 0 radical (unpaired) electrons. The molecule has 0 bridgehead atoms. The molecule has 0 saturated carbocycles. The van der Waals surface area contributed by atoms with Gasteiger partial charge < -0.3 is 4.57 Å². The maximum Gasteiger partial charge on any atom is 0.262 e. The van der Waals surface area contributed by atoms with Crippen molar-refractivity contribution < 1.29 is 12.8 Å². The van der Waals surface area contributed by atoms with Crippen molar-refractivity contribution in [2.24, 2.45) is 0 Å². The third-order valence-electron chi connectivity index (χ3n) is 4.18. The molecule has 0 amide bonds. The van der Waals surface area contributed by atoms with E-state index in [1.165, 1.54) is 12.1 Å². The van der Waals surface area contributed by atoms with E-state index >= 15 is 0 Å². The fourth-order valence-electron chi connectivity index (χ4n) is 2.95. The Bertz CT molecular complexity index is 1070. The van der Waals surface area contributed by atoms with Gasteiger partial charge in [-0.1, -0.05) is 30.0 Å². The molecule has 5 nitrogen and oxygen atoms in total. The van der Waals surface area contributed by atoms with Gasteiger partial charge in [0, 0.05) is 24.1 Å². The third kappa shape index (κ3) is 3.10. The van der Waals surface area contributed by atoms with Gasteiger partial charge in [-0.15, -0.1) is 0 Å². The fraction of sp³-hybridized carbons (Fsp3) is 0.167. The number of imidazole rings is 1. The lowest BCUT2D eigenvalue weighted by Crippen LogP contribution is -2.15. The van der Waals surface area contributed by atoms with Crippen LogP contribution in [0, 0.1) is 12.7 Å². The molecule has 0 unspecified atom stereocenters. The molecule has 26 heavy (non-hydrogen) atoms. The van der Waals surface area contributed by atoms with Crippen molar-refractivity contribution in [3.05, 3.63) is 60.0 Å². The average molecular weight is 389 g/mol. The second-order valence-electron chi connectivity index (χ2n) is 6.01. The first-order valence-corrected chi connectivity index (χ1v) is 10.5. The molecule has 0 atom stereocenters. The Labute approximate surface area is 155 Å². The van der Waals surface area contributed by atoms with E-state index in [-0.39, 0.29) is 4.90 Å². The lowest BCUT2D eigenvalue weighted by Gasteiger charge is -2.13. The highest BCUT2D eigenvalue weighted by atomic mass is 32.2. The van der Waals surface area contributed by atoms with Gasteiger partial charge in [0.2, 0.25) is 0 Å². The molecule has 1 aromatic heterocycles. The highest BCUT2D eigenvalue weighted by Gasteiger charge is 2.21. The number of thioether (sulfide) groups is 1. The molecule has 134 valence electrons. The van der Waals surface area contributed by atoms with Gasteiger partial charge in [0.05, 0.1) is 16.3 Å². The molecule has 0 aliphatic carbocycles. The number of aromatic nitrogens is 2. The summed E-state index contributed by atoms with van der Waals surface area (Å²) >= 11 is 1.68. The van der Waals surface area contributed by atoms with Crippen molar-refractivity contribution in [3.8, 4) is 11.3 Å². The summed E-state index contributed by atoms with van der Waals surface area (Å²) in [4.78, 5) is 4.65. The van der Waals surface area contributed by atoms with Crippen LogP contribution in [0.2, 0.25) is 0 Å². The summed E-state index contributed by atoms with van der Waals surface area (Å²) in [6.07, 6.45) is 1.94. The highest BCUT2D eigenvalue weighted by molar-refractivity contribution is 7.99. The van der Waals surface area contributed by atoms with Gasteiger partial charge in [0.15, 0.2) is 5.16 Å². The first kappa shape index (κ1) is 17.1. The molecule has 1 aliphatic heterocycles. The topological polar surface area (TPSA) is 64.0 Å². The van der Waals surface area contributed by atoms with Gasteiger partial charge >= 0.3 is 0 Å². The maximum atomic E-state index is 13.3. The molecular weight excluding hydrogens is 373 g/mol. The van der Waals surface area contributed by atoms with Gasteiger partial charge in [0.1, 0.15) is 5.82 Å². The van der Waals surface area contributed by atoms with Crippen LogP contribution in [0.25, 0.3) is 11.3 Å². The number of anilines is 1. The predicted octanol–water partition coefficient (Wildman–Crippen LogP) is 3.90. The number of nitrogens with zero attached hydrogens (tertiary/aromatic N) is 2. The zero-order valence-electron chi connectivity index (χ0n) is 13.9. The number of sulfonamides is 1. The highest BCUT2D eigenvalue weighted by Crippen LogP contribution is 2.33. The second kappa shape index (κ2) is 6.44. The van der Waals surface area contributed by atoms with Crippen molar-refractivity contribution >= 4 is 27.5 Å². The average Bonchev–Trinajstić information content (AvgIpc) is 3.16. The molecule has 0 spiro atoms. The van der Waals surface area contributed by atoms with Crippen LogP contribution in [0.5, 0.6) is 0 Å². The Morgan fingerprint density at radius 1 is 1.23 bits per heavy atom. The SMILES string of the molecule is Cc1cc(F)ccc1S(=O)(=O)Nc1ccccc1-c1cn2c(n1)SCC2.